The van der Waals surface area contributed by atoms with E-state index in [0.717, 1.165) is 37.5 Å². The first-order valence-electron chi connectivity index (χ1n) is 8.61. The van der Waals surface area contributed by atoms with Gasteiger partial charge in [0.1, 0.15) is 0 Å². The van der Waals surface area contributed by atoms with Crippen molar-refractivity contribution < 1.29 is 9.59 Å². The van der Waals surface area contributed by atoms with Crippen LogP contribution < -0.4 is 5.32 Å². The van der Waals surface area contributed by atoms with Crippen molar-refractivity contribution >= 4 is 22.9 Å². The fraction of sp³-hybridized carbons (Fsp3) is 0.556. The zero-order chi connectivity index (χ0) is 17.4. The van der Waals surface area contributed by atoms with Gasteiger partial charge in [0, 0.05) is 38.4 Å². The highest BCUT2D eigenvalue weighted by Crippen LogP contribution is 2.17. The maximum atomic E-state index is 11.9. The summed E-state index contributed by atoms with van der Waals surface area (Å²) in [6.07, 6.45) is 0.367. The van der Waals surface area contributed by atoms with Crippen LogP contribution in [0.5, 0.6) is 0 Å². The lowest BCUT2D eigenvalue weighted by Crippen LogP contribution is -2.30. The predicted molar refractivity (Wildman–Crippen MR) is 99.0 cm³/mol. The molecule has 5 nitrogen and oxygen atoms in total. The van der Waals surface area contributed by atoms with Crippen molar-refractivity contribution in [2.45, 2.75) is 33.4 Å². The van der Waals surface area contributed by atoms with Gasteiger partial charge in [-0.15, -0.1) is 0 Å². The first-order chi connectivity index (χ1) is 11.6. The van der Waals surface area contributed by atoms with Crippen molar-refractivity contribution in [3.63, 3.8) is 0 Å². The third-order valence-corrected chi connectivity index (χ3v) is 5.16. The maximum absolute atomic E-state index is 11.9. The number of nitrogens with zero attached hydrogens (tertiary/aromatic N) is 2. The molecule has 1 aromatic rings. The molecule has 1 aromatic carbocycles. The van der Waals surface area contributed by atoms with Gasteiger partial charge in [-0.1, -0.05) is 49.9 Å². The Kier molecular flexibility index (Phi) is 7.59. The fourth-order valence-electron chi connectivity index (χ4n) is 2.62. The van der Waals surface area contributed by atoms with Crippen LogP contribution in [0.3, 0.4) is 0 Å². The predicted octanol–water partition coefficient (Wildman–Crippen LogP) is 2.70. The standard InChI is InChI=1S/C18H27N3O2S/c1-3-20(4-2)14-16-7-5-15(6-8-16)13-19-17(22)9-10-21-11-12-24-18(21)23/h5-8H,3-4,9-14H2,1-2H3,(H,19,22). The number of carbonyl (C=O) groups excluding carboxylic acids is 2. The SMILES string of the molecule is CCN(CC)Cc1ccc(CNC(=O)CCN2CCSC2=O)cc1. The van der Waals surface area contributed by atoms with Crippen LogP contribution in [0.25, 0.3) is 0 Å². The average molecular weight is 350 g/mol. The summed E-state index contributed by atoms with van der Waals surface area (Å²) in [5.41, 5.74) is 2.39. The molecule has 1 heterocycles. The highest BCUT2D eigenvalue weighted by atomic mass is 32.2. The Hall–Kier alpha value is -1.53. The topological polar surface area (TPSA) is 52.7 Å². The van der Waals surface area contributed by atoms with E-state index in [1.54, 1.807) is 4.90 Å². The first kappa shape index (κ1) is 18.8. The number of nitrogens with one attached hydrogen (secondary N) is 1. The van der Waals surface area contributed by atoms with Gasteiger partial charge < -0.3 is 10.2 Å². The van der Waals surface area contributed by atoms with Crippen LogP contribution in [0.2, 0.25) is 0 Å². The molecule has 1 aliphatic rings. The van der Waals surface area contributed by atoms with E-state index < -0.39 is 0 Å². The fourth-order valence-corrected chi connectivity index (χ4v) is 3.47. The van der Waals surface area contributed by atoms with Gasteiger partial charge in [-0.25, -0.2) is 0 Å². The number of thioether (sulfide) groups is 1. The molecule has 24 heavy (non-hydrogen) atoms. The summed E-state index contributed by atoms with van der Waals surface area (Å²) in [7, 11) is 0. The van der Waals surface area contributed by atoms with Gasteiger partial charge in [0.15, 0.2) is 0 Å². The van der Waals surface area contributed by atoms with Gasteiger partial charge in [-0.05, 0) is 24.2 Å². The number of rotatable bonds is 9. The molecule has 0 bridgehead atoms. The lowest BCUT2D eigenvalue weighted by atomic mass is 10.1. The average Bonchev–Trinajstić information content (AvgIpc) is 3.02. The van der Waals surface area contributed by atoms with Gasteiger partial charge in [0.25, 0.3) is 5.24 Å². The van der Waals surface area contributed by atoms with Crippen molar-refractivity contribution in [1.29, 1.82) is 0 Å². The first-order valence-corrected chi connectivity index (χ1v) is 9.59. The van der Waals surface area contributed by atoms with Gasteiger partial charge in [0.05, 0.1) is 0 Å². The Labute approximate surface area is 148 Å². The van der Waals surface area contributed by atoms with E-state index in [2.05, 4.69) is 48.3 Å². The van der Waals surface area contributed by atoms with Gasteiger partial charge in [0.2, 0.25) is 5.91 Å². The zero-order valence-corrected chi connectivity index (χ0v) is 15.4. The lowest BCUT2D eigenvalue weighted by molar-refractivity contribution is -0.121. The van der Waals surface area contributed by atoms with Crippen molar-refractivity contribution in [1.82, 2.24) is 15.1 Å². The van der Waals surface area contributed by atoms with Crippen molar-refractivity contribution in [2.75, 3.05) is 31.9 Å². The second-order valence-electron chi connectivity index (χ2n) is 5.91. The Balaban J connectivity index is 1.71. The molecular weight excluding hydrogens is 322 g/mol. The molecule has 6 heteroatoms. The summed E-state index contributed by atoms with van der Waals surface area (Å²) in [5.74, 6) is 0.826. The normalized spacial score (nSPS) is 14.5. The zero-order valence-electron chi connectivity index (χ0n) is 14.6. The molecule has 1 fully saturated rings. The number of hydrogen-bond donors (Lipinski definition) is 1. The monoisotopic (exact) mass is 349 g/mol. The van der Waals surface area contributed by atoms with Crippen LogP contribution in [0.4, 0.5) is 4.79 Å². The number of benzene rings is 1. The summed E-state index contributed by atoms with van der Waals surface area (Å²) in [5, 5.41) is 3.02. The van der Waals surface area contributed by atoms with Crippen LogP contribution in [-0.2, 0) is 17.9 Å². The van der Waals surface area contributed by atoms with E-state index in [4.69, 9.17) is 0 Å². The van der Waals surface area contributed by atoms with E-state index >= 15 is 0 Å². The minimum absolute atomic E-state index is 0.00748. The summed E-state index contributed by atoms with van der Waals surface area (Å²) in [4.78, 5) is 27.5. The summed E-state index contributed by atoms with van der Waals surface area (Å²) >= 11 is 1.33. The molecule has 0 spiro atoms. The van der Waals surface area contributed by atoms with Gasteiger partial charge in [-0.3, -0.25) is 14.5 Å². The Morgan fingerprint density at radius 1 is 1.21 bits per heavy atom. The largest absolute Gasteiger partial charge is 0.352 e. The third kappa shape index (κ3) is 5.83. The minimum Gasteiger partial charge on any atom is -0.352 e. The van der Waals surface area contributed by atoms with E-state index in [1.165, 1.54) is 17.3 Å². The second kappa shape index (κ2) is 9.69. The van der Waals surface area contributed by atoms with E-state index in [9.17, 15) is 9.59 Å². The molecule has 0 atom stereocenters. The molecule has 132 valence electrons. The van der Waals surface area contributed by atoms with E-state index in [1.807, 2.05) is 0 Å². The van der Waals surface area contributed by atoms with E-state index in [-0.39, 0.29) is 11.1 Å². The minimum atomic E-state index is -0.00748. The second-order valence-corrected chi connectivity index (χ2v) is 6.95. The Morgan fingerprint density at radius 2 is 1.88 bits per heavy atom. The van der Waals surface area contributed by atoms with Crippen LogP contribution in [-0.4, -0.2) is 52.9 Å². The van der Waals surface area contributed by atoms with Gasteiger partial charge >= 0.3 is 0 Å². The lowest BCUT2D eigenvalue weighted by Gasteiger charge is -2.18. The van der Waals surface area contributed by atoms with Crippen LogP contribution >= 0.6 is 11.8 Å². The molecule has 0 saturated carbocycles. The van der Waals surface area contributed by atoms with Crippen LogP contribution in [0.1, 0.15) is 31.4 Å². The van der Waals surface area contributed by atoms with Crippen LogP contribution in [0.15, 0.2) is 24.3 Å². The molecule has 0 radical (unpaired) electrons. The summed E-state index contributed by atoms with van der Waals surface area (Å²) < 4.78 is 0. The Morgan fingerprint density at radius 3 is 2.46 bits per heavy atom. The van der Waals surface area contributed by atoms with Crippen LogP contribution in [0, 0.1) is 0 Å². The van der Waals surface area contributed by atoms with Crippen molar-refractivity contribution in [2.24, 2.45) is 0 Å². The van der Waals surface area contributed by atoms with Crippen molar-refractivity contribution in [3.05, 3.63) is 35.4 Å². The third-order valence-electron chi connectivity index (χ3n) is 4.27. The smallest absolute Gasteiger partial charge is 0.281 e. The highest BCUT2D eigenvalue weighted by molar-refractivity contribution is 8.13. The molecule has 0 unspecified atom stereocenters. The number of hydrogen-bond acceptors (Lipinski definition) is 4. The Bertz CT molecular complexity index is 544. The number of amides is 2. The summed E-state index contributed by atoms with van der Waals surface area (Å²) in [6, 6.07) is 8.39. The van der Waals surface area contributed by atoms with E-state index in [0.29, 0.717) is 19.5 Å². The molecule has 1 aliphatic heterocycles. The van der Waals surface area contributed by atoms with Crippen molar-refractivity contribution in [3.8, 4) is 0 Å². The number of carbonyl (C=O) groups is 2. The molecule has 1 saturated heterocycles. The maximum Gasteiger partial charge on any atom is 0.281 e. The highest BCUT2D eigenvalue weighted by Gasteiger charge is 2.21. The molecule has 0 aliphatic carbocycles. The van der Waals surface area contributed by atoms with Gasteiger partial charge in [-0.2, -0.15) is 0 Å². The molecular formula is C18H27N3O2S. The quantitative estimate of drug-likeness (QED) is 0.745. The molecule has 2 amide bonds. The summed E-state index contributed by atoms with van der Waals surface area (Å²) in [6.45, 7) is 9.20. The molecule has 1 N–H and O–H groups in total. The molecule has 0 aromatic heterocycles. The molecule has 2 rings (SSSR count).